The SMILES string of the molecule is CCCCC(C)(C)C(=O)CC[C@H]1[C@H](Cc2cccc(OCC(=O)O)c2)[C@H]2CC[C@@H]1O2. The molecule has 1 N–H and O–H groups in total. The number of hydrogen-bond donors (Lipinski definition) is 1. The Bertz CT molecular complexity index is 741. The van der Waals surface area contributed by atoms with Crippen LogP contribution in [0.25, 0.3) is 0 Å². The highest BCUT2D eigenvalue weighted by Gasteiger charge is 2.48. The molecule has 1 aromatic rings. The summed E-state index contributed by atoms with van der Waals surface area (Å²) in [6.45, 7) is 6.00. The summed E-state index contributed by atoms with van der Waals surface area (Å²) < 4.78 is 11.6. The number of benzene rings is 1. The molecule has 2 heterocycles. The van der Waals surface area contributed by atoms with Crippen molar-refractivity contribution in [3.8, 4) is 5.75 Å². The van der Waals surface area contributed by atoms with Gasteiger partial charge in [0.2, 0.25) is 0 Å². The fraction of sp³-hybridized carbons (Fsp3) is 0.680. The van der Waals surface area contributed by atoms with E-state index in [1.165, 1.54) is 0 Å². The Labute approximate surface area is 180 Å². The van der Waals surface area contributed by atoms with Gasteiger partial charge in [-0.3, -0.25) is 4.79 Å². The number of carbonyl (C=O) groups excluding carboxylic acids is 1. The summed E-state index contributed by atoms with van der Waals surface area (Å²) in [4.78, 5) is 23.6. The zero-order valence-corrected chi connectivity index (χ0v) is 18.6. The van der Waals surface area contributed by atoms with Crippen LogP contribution in [0.3, 0.4) is 0 Å². The van der Waals surface area contributed by atoms with Gasteiger partial charge in [-0.25, -0.2) is 4.79 Å². The van der Waals surface area contributed by atoms with Crippen molar-refractivity contribution in [2.45, 2.75) is 84.3 Å². The Kier molecular flexibility index (Phi) is 7.56. The molecule has 4 atom stereocenters. The molecule has 0 aliphatic carbocycles. The minimum absolute atomic E-state index is 0.236. The summed E-state index contributed by atoms with van der Waals surface area (Å²) in [7, 11) is 0. The van der Waals surface area contributed by atoms with E-state index in [-0.39, 0.29) is 24.2 Å². The number of carboxylic acid groups (broad SMARTS) is 1. The maximum Gasteiger partial charge on any atom is 0.341 e. The average molecular weight is 417 g/mol. The molecule has 0 unspecified atom stereocenters. The standard InChI is InChI=1S/C25H36O5/c1-4-5-13-25(2,3)23(26)12-9-19-20(22-11-10-21(19)30-22)15-17-7-6-8-18(14-17)29-16-24(27)28/h6-8,14,19-22H,4-5,9-13,15-16H2,1-3H3,(H,27,28)/t19-,20-,21-,22+/m0/s1. The van der Waals surface area contributed by atoms with E-state index in [0.717, 1.165) is 50.5 Å². The molecule has 2 fully saturated rings. The van der Waals surface area contributed by atoms with Crippen molar-refractivity contribution >= 4 is 11.8 Å². The highest BCUT2D eigenvalue weighted by atomic mass is 16.5. The quantitative estimate of drug-likeness (QED) is 0.516. The van der Waals surface area contributed by atoms with E-state index in [1.807, 2.05) is 12.1 Å². The van der Waals surface area contributed by atoms with Crippen LogP contribution < -0.4 is 4.74 Å². The molecule has 0 aromatic heterocycles. The van der Waals surface area contributed by atoms with Gasteiger partial charge in [-0.15, -0.1) is 0 Å². The number of unbranched alkanes of at least 4 members (excludes halogenated alkanes) is 1. The third-order valence-corrected chi connectivity index (χ3v) is 6.94. The second kappa shape index (κ2) is 9.95. The van der Waals surface area contributed by atoms with Crippen LogP contribution in [0.2, 0.25) is 0 Å². The van der Waals surface area contributed by atoms with Crippen molar-refractivity contribution in [2.75, 3.05) is 6.61 Å². The fourth-order valence-electron chi connectivity index (χ4n) is 5.13. The van der Waals surface area contributed by atoms with Crippen molar-refractivity contribution in [3.05, 3.63) is 29.8 Å². The normalized spacial score (nSPS) is 25.4. The van der Waals surface area contributed by atoms with Gasteiger partial charge in [-0.1, -0.05) is 45.7 Å². The molecule has 5 heteroatoms. The van der Waals surface area contributed by atoms with Crippen LogP contribution in [-0.2, 0) is 20.7 Å². The number of ether oxygens (including phenoxy) is 2. The van der Waals surface area contributed by atoms with Gasteiger partial charge in [-0.05, 0) is 61.6 Å². The van der Waals surface area contributed by atoms with Crippen molar-refractivity contribution in [2.24, 2.45) is 17.3 Å². The molecule has 30 heavy (non-hydrogen) atoms. The lowest BCUT2D eigenvalue weighted by Gasteiger charge is -2.29. The second-order valence-corrected chi connectivity index (χ2v) is 9.60. The number of aliphatic carboxylic acids is 1. The van der Waals surface area contributed by atoms with E-state index in [0.29, 0.717) is 29.8 Å². The monoisotopic (exact) mass is 416 g/mol. The Morgan fingerprint density at radius 1 is 1.20 bits per heavy atom. The van der Waals surface area contributed by atoms with Crippen LogP contribution in [0, 0.1) is 17.3 Å². The van der Waals surface area contributed by atoms with Gasteiger partial charge in [0.05, 0.1) is 12.2 Å². The van der Waals surface area contributed by atoms with Gasteiger partial charge in [0.25, 0.3) is 0 Å². The predicted molar refractivity (Wildman–Crippen MR) is 116 cm³/mol. The van der Waals surface area contributed by atoms with E-state index in [1.54, 1.807) is 6.07 Å². The van der Waals surface area contributed by atoms with Gasteiger partial charge in [0.15, 0.2) is 6.61 Å². The third kappa shape index (κ3) is 5.63. The molecule has 5 nitrogen and oxygen atoms in total. The predicted octanol–water partition coefficient (Wildman–Crippen LogP) is 5.05. The van der Waals surface area contributed by atoms with Crippen LogP contribution in [0.4, 0.5) is 0 Å². The molecule has 2 bridgehead atoms. The van der Waals surface area contributed by atoms with Crippen molar-refractivity contribution in [3.63, 3.8) is 0 Å². The molecule has 1 aromatic carbocycles. The van der Waals surface area contributed by atoms with Crippen LogP contribution >= 0.6 is 0 Å². The molecule has 2 aliphatic heterocycles. The number of rotatable bonds is 12. The summed E-state index contributed by atoms with van der Waals surface area (Å²) in [6, 6.07) is 7.70. The maximum atomic E-state index is 12.9. The summed E-state index contributed by atoms with van der Waals surface area (Å²) in [5, 5.41) is 8.82. The third-order valence-electron chi connectivity index (χ3n) is 6.94. The molecule has 0 spiro atoms. The molecule has 3 rings (SSSR count). The summed E-state index contributed by atoms with van der Waals surface area (Å²) >= 11 is 0. The van der Waals surface area contributed by atoms with Crippen LogP contribution in [0.1, 0.15) is 71.3 Å². The Morgan fingerprint density at radius 2 is 1.93 bits per heavy atom. The molecule has 0 saturated carbocycles. The van der Waals surface area contributed by atoms with Crippen molar-refractivity contribution in [1.29, 1.82) is 0 Å². The lowest BCUT2D eigenvalue weighted by Crippen LogP contribution is -2.31. The Morgan fingerprint density at radius 3 is 2.63 bits per heavy atom. The number of ketones is 1. The summed E-state index contributed by atoms with van der Waals surface area (Å²) in [5.41, 5.74) is 0.901. The number of carboxylic acids is 1. The first-order chi connectivity index (χ1) is 14.3. The topological polar surface area (TPSA) is 72.8 Å². The van der Waals surface area contributed by atoms with Crippen LogP contribution in [0.15, 0.2) is 24.3 Å². The number of carbonyl (C=O) groups is 2. The number of hydrogen-bond acceptors (Lipinski definition) is 4. The minimum Gasteiger partial charge on any atom is -0.482 e. The van der Waals surface area contributed by atoms with Gasteiger partial charge in [-0.2, -0.15) is 0 Å². The minimum atomic E-state index is -0.978. The summed E-state index contributed by atoms with van der Waals surface area (Å²) in [5.74, 6) is 0.807. The number of fused-ring (bicyclic) bond motifs is 2. The second-order valence-electron chi connectivity index (χ2n) is 9.60. The van der Waals surface area contributed by atoms with Crippen LogP contribution in [0.5, 0.6) is 5.75 Å². The van der Waals surface area contributed by atoms with E-state index in [9.17, 15) is 9.59 Å². The van der Waals surface area contributed by atoms with E-state index >= 15 is 0 Å². The van der Waals surface area contributed by atoms with Gasteiger partial charge < -0.3 is 14.6 Å². The van der Waals surface area contributed by atoms with Crippen molar-refractivity contribution in [1.82, 2.24) is 0 Å². The van der Waals surface area contributed by atoms with E-state index in [2.05, 4.69) is 26.8 Å². The maximum absolute atomic E-state index is 12.9. The zero-order chi connectivity index (χ0) is 21.7. The van der Waals surface area contributed by atoms with Crippen molar-refractivity contribution < 1.29 is 24.2 Å². The number of Topliss-reactive ketones (excluding diaryl/α,β-unsaturated/α-hetero) is 1. The molecule has 166 valence electrons. The molecule has 2 aliphatic rings. The smallest absolute Gasteiger partial charge is 0.341 e. The molecule has 0 radical (unpaired) electrons. The Hall–Kier alpha value is -1.88. The summed E-state index contributed by atoms with van der Waals surface area (Å²) in [6.07, 6.45) is 8.32. The first-order valence-electron chi connectivity index (χ1n) is 11.4. The van der Waals surface area contributed by atoms with Gasteiger partial charge in [0.1, 0.15) is 11.5 Å². The highest BCUT2D eigenvalue weighted by molar-refractivity contribution is 5.84. The van der Waals surface area contributed by atoms with E-state index in [4.69, 9.17) is 14.6 Å². The van der Waals surface area contributed by atoms with Crippen LogP contribution in [-0.4, -0.2) is 35.7 Å². The lowest BCUT2D eigenvalue weighted by atomic mass is 9.72. The molecule has 2 saturated heterocycles. The zero-order valence-electron chi connectivity index (χ0n) is 18.6. The van der Waals surface area contributed by atoms with E-state index < -0.39 is 5.97 Å². The van der Waals surface area contributed by atoms with Gasteiger partial charge in [0, 0.05) is 11.8 Å². The highest BCUT2D eigenvalue weighted by Crippen LogP contribution is 2.47. The first kappa shape index (κ1) is 22.8. The molecule has 0 amide bonds. The Balaban J connectivity index is 1.61. The molecular weight excluding hydrogens is 380 g/mol. The molecular formula is C25H36O5. The lowest BCUT2D eigenvalue weighted by molar-refractivity contribution is -0.139. The fourth-order valence-corrected chi connectivity index (χ4v) is 5.13. The largest absolute Gasteiger partial charge is 0.482 e. The van der Waals surface area contributed by atoms with Gasteiger partial charge >= 0.3 is 5.97 Å². The first-order valence-corrected chi connectivity index (χ1v) is 11.4. The average Bonchev–Trinajstić information content (AvgIpc) is 3.31.